The fourth-order valence-corrected chi connectivity index (χ4v) is 3.62. The third-order valence-electron chi connectivity index (χ3n) is 3.99. The molecular weight excluding hydrogens is 360 g/mol. The van der Waals surface area contributed by atoms with Crippen LogP contribution in [0.3, 0.4) is 0 Å². The number of nitrogens with zero attached hydrogens (tertiary/aromatic N) is 1. The van der Waals surface area contributed by atoms with E-state index in [-0.39, 0.29) is 28.0 Å². The van der Waals surface area contributed by atoms with Gasteiger partial charge in [-0.2, -0.15) is 0 Å². The van der Waals surface area contributed by atoms with Crippen molar-refractivity contribution in [3.63, 3.8) is 0 Å². The van der Waals surface area contributed by atoms with Gasteiger partial charge in [-0.1, -0.05) is 0 Å². The molecule has 0 saturated carbocycles. The van der Waals surface area contributed by atoms with Gasteiger partial charge in [0.15, 0.2) is 6.54 Å². The van der Waals surface area contributed by atoms with E-state index >= 15 is 0 Å². The minimum Gasteiger partial charge on any atom is -0.347 e. The van der Waals surface area contributed by atoms with Gasteiger partial charge in [0, 0.05) is 10.4 Å². The van der Waals surface area contributed by atoms with Gasteiger partial charge in [-0.05, 0) is 39.0 Å². The average molecular weight is 386 g/mol. The smallest absolute Gasteiger partial charge is 0.275 e. The van der Waals surface area contributed by atoms with Crippen LogP contribution in [0.1, 0.15) is 20.8 Å². The van der Waals surface area contributed by atoms with Crippen molar-refractivity contribution in [2.45, 2.75) is 31.2 Å². The van der Waals surface area contributed by atoms with Crippen LogP contribution < -0.4 is 10.2 Å². The molecule has 0 radical (unpaired) electrons. The van der Waals surface area contributed by atoms with Crippen molar-refractivity contribution in [2.75, 3.05) is 38.5 Å². The zero-order valence-electron chi connectivity index (χ0n) is 15.4. The monoisotopic (exact) mass is 386 g/mol. The van der Waals surface area contributed by atoms with Crippen molar-refractivity contribution in [1.82, 2.24) is 10.2 Å². The van der Waals surface area contributed by atoms with Crippen LogP contribution in [0, 0.1) is 11.6 Å². The van der Waals surface area contributed by atoms with Crippen molar-refractivity contribution in [2.24, 2.45) is 0 Å². The summed E-state index contributed by atoms with van der Waals surface area (Å²) in [5.74, 6) is -1.07. The quantitative estimate of drug-likeness (QED) is 0.733. The van der Waals surface area contributed by atoms with Crippen LogP contribution in [0.5, 0.6) is 0 Å². The van der Waals surface area contributed by atoms with Crippen LogP contribution in [0.4, 0.5) is 8.78 Å². The molecule has 1 saturated heterocycles. The fraction of sp³-hybridized carbons (Fsp3) is 0.556. The first-order valence-corrected chi connectivity index (χ1v) is 9.63. The lowest BCUT2D eigenvalue weighted by Gasteiger charge is -2.32. The largest absolute Gasteiger partial charge is 0.347 e. The summed E-state index contributed by atoms with van der Waals surface area (Å²) >= 11 is 1.00. The molecule has 0 spiro atoms. The second-order valence-corrected chi connectivity index (χ2v) is 8.49. The van der Waals surface area contributed by atoms with E-state index in [4.69, 9.17) is 0 Å². The molecule has 144 valence electrons. The summed E-state index contributed by atoms with van der Waals surface area (Å²) in [4.78, 5) is 27.3. The van der Waals surface area contributed by atoms with E-state index in [2.05, 4.69) is 5.32 Å². The summed E-state index contributed by atoms with van der Waals surface area (Å²) in [6.45, 7) is 8.72. The van der Waals surface area contributed by atoms with Gasteiger partial charge in [-0.15, -0.1) is 11.8 Å². The molecule has 2 amide bonds. The summed E-state index contributed by atoms with van der Waals surface area (Å²) in [7, 11) is 0. The minimum absolute atomic E-state index is 0.00408. The predicted octanol–water partition coefficient (Wildman–Crippen LogP) is 0.699. The van der Waals surface area contributed by atoms with Crippen molar-refractivity contribution in [3.8, 4) is 0 Å². The highest BCUT2D eigenvalue weighted by Crippen LogP contribution is 2.22. The van der Waals surface area contributed by atoms with Crippen molar-refractivity contribution >= 4 is 23.6 Å². The van der Waals surface area contributed by atoms with E-state index in [1.54, 1.807) is 4.90 Å². The first-order valence-electron chi connectivity index (χ1n) is 8.64. The predicted molar refractivity (Wildman–Crippen MR) is 97.1 cm³/mol. The van der Waals surface area contributed by atoms with Crippen LogP contribution in [0.25, 0.3) is 0 Å². The van der Waals surface area contributed by atoms with Crippen molar-refractivity contribution in [1.29, 1.82) is 0 Å². The Hall–Kier alpha value is -1.67. The molecule has 0 atom stereocenters. The van der Waals surface area contributed by atoms with Crippen LogP contribution in [-0.4, -0.2) is 60.7 Å². The summed E-state index contributed by atoms with van der Waals surface area (Å²) in [6, 6.07) is 3.22. The lowest BCUT2D eigenvalue weighted by atomic mass is 10.1. The number of hydrogen-bond donors (Lipinski definition) is 2. The van der Waals surface area contributed by atoms with E-state index in [0.717, 1.165) is 34.9 Å². The molecule has 1 aromatic carbocycles. The molecule has 1 heterocycles. The lowest BCUT2D eigenvalue weighted by molar-refractivity contribution is -0.896. The standard InChI is InChI=1S/C18H25F2N3O2S/c1-18(2,3)21-16(24)11-22-6-8-23(9-7-22)17(25)12-26-15-10-13(19)4-5-14(15)20/h4-5,10H,6-9,11-12H2,1-3H3,(H,21,24)/p+1. The molecule has 8 heteroatoms. The van der Waals surface area contributed by atoms with Crippen molar-refractivity contribution in [3.05, 3.63) is 29.8 Å². The number of thioether (sulfide) groups is 1. The van der Waals surface area contributed by atoms with Crippen LogP contribution in [0.15, 0.2) is 23.1 Å². The number of quaternary nitrogens is 1. The molecular formula is C18H26F2N3O2S+. The molecule has 0 aliphatic carbocycles. The van der Waals surface area contributed by atoms with Gasteiger partial charge in [0.25, 0.3) is 5.91 Å². The van der Waals surface area contributed by atoms with Gasteiger partial charge in [-0.25, -0.2) is 8.78 Å². The number of carbonyl (C=O) groups is 2. The Kier molecular flexibility index (Phi) is 7.00. The summed E-state index contributed by atoms with van der Waals surface area (Å²) in [6.07, 6.45) is 0. The van der Waals surface area contributed by atoms with Crippen LogP contribution in [0.2, 0.25) is 0 Å². The summed E-state index contributed by atoms with van der Waals surface area (Å²) < 4.78 is 26.8. The third kappa shape index (κ3) is 6.57. The van der Waals surface area contributed by atoms with Gasteiger partial charge in [-0.3, -0.25) is 9.59 Å². The first-order chi connectivity index (χ1) is 12.1. The van der Waals surface area contributed by atoms with Crippen molar-refractivity contribution < 1.29 is 23.3 Å². The molecule has 1 aliphatic heterocycles. The van der Waals surface area contributed by atoms with Gasteiger partial charge >= 0.3 is 0 Å². The SMILES string of the molecule is CC(C)(C)NC(=O)C[NH+]1CCN(C(=O)CSc2cc(F)ccc2F)CC1. The number of carbonyl (C=O) groups excluding carboxylic acids is 2. The molecule has 0 bridgehead atoms. The van der Waals surface area contributed by atoms with Gasteiger partial charge in [0.2, 0.25) is 5.91 Å². The highest BCUT2D eigenvalue weighted by atomic mass is 32.2. The average Bonchev–Trinajstić information content (AvgIpc) is 2.54. The number of benzene rings is 1. The molecule has 2 rings (SSSR count). The molecule has 0 unspecified atom stereocenters. The Balaban J connectivity index is 1.76. The molecule has 0 aromatic heterocycles. The summed E-state index contributed by atoms with van der Waals surface area (Å²) in [5, 5.41) is 2.94. The van der Waals surface area contributed by atoms with Crippen LogP contribution >= 0.6 is 11.8 Å². The molecule has 1 fully saturated rings. The third-order valence-corrected chi connectivity index (χ3v) is 5.01. The van der Waals surface area contributed by atoms with E-state index in [1.165, 1.54) is 0 Å². The Morgan fingerprint density at radius 1 is 1.23 bits per heavy atom. The number of halogens is 2. The maximum absolute atomic E-state index is 13.6. The van der Waals surface area contributed by atoms with Gasteiger partial charge < -0.3 is 15.1 Å². The Morgan fingerprint density at radius 3 is 2.50 bits per heavy atom. The number of piperazine rings is 1. The molecule has 26 heavy (non-hydrogen) atoms. The van der Waals surface area contributed by atoms with Gasteiger partial charge in [0.05, 0.1) is 31.9 Å². The van der Waals surface area contributed by atoms with E-state index in [9.17, 15) is 18.4 Å². The number of amides is 2. The van der Waals surface area contributed by atoms with E-state index < -0.39 is 11.6 Å². The molecule has 2 N–H and O–H groups in total. The maximum Gasteiger partial charge on any atom is 0.275 e. The van der Waals surface area contributed by atoms with Gasteiger partial charge in [0.1, 0.15) is 11.6 Å². The fourth-order valence-electron chi connectivity index (χ4n) is 2.76. The second-order valence-electron chi connectivity index (χ2n) is 7.47. The second kappa shape index (κ2) is 8.81. The Labute approximate surface area is 157 Å². The normalized spacial score (nSPS) is 15.8. The molecule has 1 aromatic rings. The minimum atomic E-state index is -0.525. The zero-order valence-corrected chi connectivity index (χ0v) is 16.2. The number of nitrogens with one attached hydrogen (secondary N) is 2. The highest BCUT2D eigenvalue weighted by molar-refractivity contribution is 8.00. The Bertz CT molecular complexity index is 656. The Morgan fingerprint density at radius 2 is 1.88 bits per heavy atom. The zero-order chi connectivity index (χ0) is 19.3. The van der Waals surface area contributed by atoms with E-state index in [0.29, 0.717) is 32.7 Å². The number of rotatable bonds is 5. The summed E-state index contributed by atoms with van der Waals surface area (Å²) in [5.41, 5.74) is -0.252. The highest BCUT2D eigenvalue weighted by Gasteiger charge is 2.26. The van der Waals surface area contributed by atoms with E-state index in [1.807, 2.05) is 20.8 Å². The topological polar surface area (TPSA) is 53.9 Å². The number of hydrogen-bond acceptors (Lipinski definition) is 3. The van der Waals surface area contributed by atoms with Crippen LogP contribution in [-0.2, 0) is 9.59 Å². The lowest BCUT2D eigenvalue weighted by Crippen LogP contribution is -3.16. The molecule has 1 aliphatic rings. The maximum atomic E-state index is 13.6. The molecule has 5 nitrogen and oxygen atoms in total. The first kappa shape index (κ1) is 20.6.